The molecule has 0 saturated carbocycles. The van der Waals surface area contributed by atoms with Crippen molar-refractivity contribution in [1.82, 2.24) is 0 Å². The number of rotatable bonds is 6. The lowest BCUT2D eigenvalue weighted by Crippen LogP contribution is -2.34. The van der Waals surface area contributed by atoms with Gasteiger partial charge in [-0.3, -0.25) is 10.1 Å². The molecule has 1 aromatic rings. The molecule has 1 N–H and O–H groups in total. The van der Waals surface area contributed by atoms with Crippen molar-refractivity contribution in [2.75, 3.05) is 6.61 Å². The number of ether oxygens (including phenoxy) is 1. The number of benzene rings is 1. The van der Waals surface area contributed by atoms with Gasteiger partial charge in [-0.2, -0.15) is 8.78 Å². The number of hydrogen-bond acceptors (Lipinski definition) is 4. The Labute approximate surface area is 108 Å². The second-order valence-corrected chi connectivity index (χ2v) is 3.57. The van der Waals surface area contributed by atoms with E-state index in [0.29, 0.717) is 0 Å². The van der Waals surface area contributed by atoms with Crippen LogP contribution >= 0.6 is 0 Å². The third-order valence-corrected chi connectivity index (χ3v) is 2.15. The summed E-state index contributed by atoms with van der Waals surface area (Å²) in [5.74, 6) is -7.23. The van der Waals surface area contributed by atoms with Crippen molar-refractivity contribution in [1.29, 1.82) is 0 Å². The summed E-state index contributed by atoms with van der Waals surface area (Å²) in [4.78, 5) is 20.4. The van der Waals surface area contributed by atoms with Gasteiger partial charge in [-0.1, -0.05) is 6.07 Å². The minimum Gasteiger partial charge on any atom is -0.480 e. The second-order valence-electron chi connectivity index (χ2n) is 3.57. The van der Waals surface area contributed by atoms with Crippen molar-refractivity contribution in [2.45, 2.75) is 12.3 Å². The van der Waals surface area contributed by atoms with Crippen LogP contribution in [0.4, 0.5) is 23.2 Å². The SMILES string of the molecule is O=C(O)c1cccc([N+](=O)[O-])c1OCC(F)(F)C(F)F. The number of nitro benzene ring substituents is 1. The first-order chi connectivity index (χ1) is 9.16. The van der Waals surface area contributed by atoms with Gasteiger partial charge in [0.05, 0.1) is 4.92 Å². The maximum atomic E-state index is 12.7. The van der Waals surface area contributed by atoms with E-state index in [0.717, 1.165) is 18.2 Å². The lowest BCUT2D eigenvalue weighted by molar-refractivity contribution is -0.386. The van der Waals surface area contributed by atoms with Crippen LogP contribution in [0.1, 0.15) is 10.4 Å². The Morgan fingerprint density at radius 3 is 2.50 bits per heavy atom. The molecule has 20 heavy (non-hydrogen) atoms. The second kappa shape index (κ2) is 5.72. The van der Waals surface area contributed by atoms with Gasteiger partial charge < -0.3 is 9.84 Å². The fraction of sp³-hybridized carbons (Fsp3) is 0.300. The zero-order valence-corrected chi connectivity index (χ0v) is 9.56. The van der Waals surface area contributed by atoms with E-state index in [1.807, 2.05) is 0 Å². The van der Waals surface area contributed by atoms with Gasteiger partial charge in [0.2, 0.25) is 5.75 Å². The molecule has 1 rings (SSSR count). The van der Waals surface area contributed by atoms with Crippen molar-refractivity contribution in [3.8, 4) is 5.75 Å². The molecular formula is C10H7F4NO5. The summed E-state index contributed by atoms with van der Waals surface area (Å²) in [6.45, 7) is -1.88. The number of carboxylic acid groups (broad SMARTS) is 1. The molecule has 0 heterocycles. The summed E-state index contributed by atoms with van der Waals surface area (Å²) in [6.07, 6.45) is -4.04. The van der Waals surface area contributed by atoms with Crippen molar-refractivity contribution in [3.63, 3.8) is 0 Å². The molecule has 0 bridgehead atoms. The molecule has 0 aliphatic heterocycles. The number of para-hydroxylation sites is 1. The van der Waals surface area contributed by atoms with Gasteiger partial charge in [0.1, 0.15) is 5.56 Å². The van der Waals surface area contributed by atoms with Crippen molar-refractivity contribution < 1.29 is 37.1 Å². The van der Waals surface area contributed by atoms with Crippen LogP contribution in [-0.2, 0) is 0 Å². The van der Waals surface area contributed by atoms with Crippen molar-refractivity contribution in [3.05, 3.63) is 33.9 Å². The summed E-state index contributed by atoms with van der Waals surface area (Å²) in [7, 11) is 0. The Balaban J connectivity index is 3.15. The lowest BCUT2D eigenvalue weighted by atomic mass is 10.1. The Bertz CT molecular complexity index is 502. The third kappa shape index (κ3) is 3.33. The monoisotopic (exact) mass is 297 g/mol. The average Bonchev–Trinajstić information content (AvgIpc) is 2.35. The highest BCUT2D eigenvalue weighted by Gasteiger charge is 2.42. The number of nitro groups is 1. The Hall–Kier alpha value is -2.39. The average molecular weight is 297 g/mol. The first kappa shape index (κ1) is 15.7. The van der Waals surface area contributed by atoms with Crippen molar-refractivity contribution in [2.24, 2.45) is 0 Å². The number of carboxylic acids is 1. The zero-order valence-electron chi connectivity index (χ0n) is 9.56. The molecule has 1 aromatic carbocycles. The van der Waals surface area contributed by atoms with E-state index in [1.165, 1.54) is 0 Å². The summed E-state index contributed by atoms with van der Waals surface area (Å²) in [5.41, 5.74) is -1.68. The highest BCUT2D eigenvalue weighted by atomic mass is 19.3. The largest absolute Gasteiger partial charge is 0.480 e. The van der Waals surface area contributed by atoms with E-state index >= 15 is 0 Å². The molecule has 0 atom stereocenters. The van der Waals surface area contributed by atoms with Crippen LogP contribution in [-0.4, -0.2) is 35.0 Å². The van der Waals surface area contributed by atoms with Crippen LogP contribution in [0.3, 0.4) is 0 Å². The lowest BCUT2D eigenvalue weighted by Gasteiger charge is -2.16. The number of aromatic carboxylic acids is 1. The Morgan fingerprint density at radius 2 is 2.05 bits per heavy atom. The molecule has 0 saturated heterocycles. The van der Waals surface area contributed by atoms with E-state index in [4.69, 9.17) is 5.11 Å². The van der Waals surface area contributed by atoms with Gasteiger partial charge in [-0.25, -0.2) is 13.6 Å². The molecule has 0 radical (unpaired) electrons. The molecule has 0 spiro atoms. The molecule has 6 nitrogen and oxygen atoms in total. The number of carbonyl (C=O) groups is 1. The summed E-state index contributed by atoms with van der Waals surface area (Å²) in [6, 6.07) is 2.67. The summed E-state index contributed by atoms with van der Waals surface area (Å²) in [5, 5.41) is 19.4. The molecule has 0 aliphatic carbocycles. The summed E-state index contributed by atoms with van der Waals surface area (Å²) < 4.78 is 53.6. The molecule has 0 aromatic heterocycles. The van der Waals surface area contributed by atoms with Crippen LogP contribution in [0.25, 0.3) is 0 Å². The Morgan fingerprint density at radius 1 is 1.45 bits per heavy atom. The number of hydrogen-bond donors (Lipinski definition) is 1. The van der Waals surface area contributed by atoms with Crippen LogP contribution in [0.15, 0.2) is 18.2 Å². The highest BCUT2D eigenvalue weighted by Crippen LogP contribution is 2.33. The quantitative estimate of drug-likeness (QED) is 0.495. The van der Waals surface area contributed by atoms with Gasteiger partial charge in [0.15, 0.2) is 6.61 Å². The number of halogens is 4. The molecule has 110 valence electrons. The standard InChI is InChI=1S/C10H7F4NO5/c11-9(12)10(13,14)4-20-7-5(8(16)17)2-1-3-6(7)15(18)19/h1-3,9H,4H2,(H,16,17). The number of nitrogens with zero attached hydrogens (tertiary/aromatic N) is 1. The maximum absolute atomic E-state index is 12.7. The smallest absolute Gasteiger partial charge is 0.340 e. The van der Waals surface area contributed by atoms with E-state index < -0.39 is 46.8 Å². The first-order valence-electron chi connectivity index (χ1n) is 4.96. The van der Waals surface area contributed by atoms with E-state index in [1.54, 1.807) is 0 Å². The van der Waals surface area contributed by atoms with Gasteiger partial charge >= 0.3 is 24.0 Å². The predicted octanol–water partition coefficient (Wildman–Crippen LogP) is 2.57. The van der Waals surface area contributed by atoms with Gasteiger partial charge in [0, 0.05) is 6.07 Å². The van der Waals surface area contributed by atoms with Crippen LogP contribution in [0.2, 0.25) is 0 Å². The molecule has 0 fully saturated rings. The molecule has 0 unspecified atom stereocenters. The predicted molar refractivity (Wildman–Crippen MR) is 56.5 cm³/mol. The van der Waals surface area contributed by atoms with Crippen LogP contribution < -0.4 is 4.74 Å². The van der Waals surface area contributed by atoms with Crippen molar-refractivity contribution >= 4 is 11.7 Å². The van der Waals surface area contributed by atoms with E-state index in [9.17, 15) is 32.5 Å². The molecular weight excluding hydrogens is 290 g/mol. The maximum Gasteiger partial charge on any atom is 0.340 e. The van der Waals surface area contributed by atoms with Gasteiger partial charge in [0.25, 0.3) is 0 Å². The zero-order chi connectivity index (χ0) is 15.5. The van der Waals surface area contributed by atoms with Gasteiger partial charge in [-0.15, -0.1) is 0 Å². The minimum absolute atomic E-state index is 0.774. The van der Waals surface area contributed by atoms with Gasteiger partial charge in [-0.05, 0) is 6.07 Å². The normalized spacial score (nSPS) is 11.4. The molecule has 0 amide bonds. The topological polar surface area (TPSA) is 89.7 Å². The van der Waals surface area contributed by atoms with E-state index in [2.05, 4.69) is 4.74 Å². The van der Waals surface area contributed by atoms with Crippen LogP contribution in [0, 0.1) is 10.1 Å². The molecule has 0 aliphatic rings. The Kier molecular flexibility index (Phi) is 4.48. The highest BCUT2D eigenvalue weighted by molar-refractivity contribution is 5.92. The fourth-order valence-electron chi connectivity index (χ4n) is 1.22. The fourth-order valence-corrected chi connectivity index (χ4v) is 1.22. The van der Waals surface area contributed by atoms with E-state index in [-0.39, 0.29) is 0 Å². The minimum atomic E-state index is -4.56. The summed E-state index contributed by atoms with van der Waals surface area (Å²) >= 11 is 0. The first-order valence-corrected chi connectivity index (χ1v) is 4.96. The number of alkyl halides is 4. The molecule has 10 heteroatoms. The third-order valence-electron chi connectivity index (χ3n) is 2.15. The van der Waals surface area contributed by atoms with Crippen LogP contribution in [0.5, 0.6) is 5.75 Å².